The number of ether oxygens (including phenoxy) is 3. The van der Waals surface area contributed by atoms with Gasteiger partial charge in [-0.15, -0.1) is 0 Å². The Morgan fingerprint density at radius 3 is 2.11 bits per heavy atom. The van der Waals surface area contributed by atoms with Gasteiger partial charge >= 0.3 is 11.9 Å². The van der Waals surface area contributed by atoms with Crippen molar-refractivity contribution in [1.82, 2.24) is 0 Å². The highest BCUT2D eigenvalue weighted by atomic mass is 16.5. The Labute approximate surface area is 158 Å². The molecule has 0 aromatic heterocycles. The third-order valence-electron chi connectivity index (χ3n) is 5.23. The summed E-state index contributed by atoms with van der Waals surface area (Å²) >= 11 is 0. The molecule has 0 aliphatic carbocycles. The number of carbonyl (C=O) groups excluding carboxylic acids is 2. The Kier molecular flexibility index (Phi) is 5.08. The maximum Gasteiger partial charge on any atom is 0.326 e. The number of methoxy groups -OCH3 is 3. The summed E-state index contributed by atoms with van der Waals surface area (Å²) in [6.07, 6.45) is 0.198. The molecule has 0 bridgehead atoms. The van der Waals surface area contributed by atoms with Gasteiger partial charge < -0.3 is 19.1 Å². The fraction of sp³-hybridized carbons (Fsp3) is 0.333. The van der Waals surface area contributed by atoms with E-state index < -0.39 is 23.4 Å². The zero-order valence-corrected chi connectivity index (χ0v) is 15.9. The molecule has 1 atom stereocenters. The van der Waals surface area contributed by atoms with Crippen LogP contribution in [0.3, 0.4) is 0 Å². The number of anilines is 1. The van der Waals surface area contributed by atoms with Gasteiger partial charge in [0.15, 0.2) is 5.41 Å². The number of hydrogen-bond acceptors (Lipinski definition) is 6. The van der Waals surface area contributed by atoms with Crippen LogP contribution in [0.5, 0.6) is 5.75 Å². The van der Waals surface area contributed by atoms with Gasteiger partial charge in [0.1, 0.15) is 5.75 Å². The summed E-state index contributed by atoms with van der Waals surface area (Å²) < 4.78 is 15.4. The lowest BCUT2D eigenvalue weighted by Gasteiger charge is -2.46. The summed E-state index contributed by atoms with van der Waals surface area (Å²) in [5.74, 6) is -0.535. The SMILES string of the molecule is COC(=O)C1(C(=O)OC)Cc2ccccc2N(C)C1c1ccc(OC)cc1. The van der Waals surface area contributed by atoms with Crippen LogP contribution in [0.2, 0.25) is 0 Å². The van der Waals surface area contributed by atoms with Crippen LogP contribution in [-0.4, -0.2) is 40.3 Å². The van der Waals surface area contributed by atoms with Crippen LogP contribution in [0.4, 0.5) is 5.69 Å². The lowest BCUT2D eigenvalue weighted by atomic mass is 9.69. The zero-order valence-electron chi connectivity index (χ0n) is 15.9. The van der Waals surface area contributed by atoms with Crippen molar-refractivity contribution < 1.29 is 23.8 Å². The van der Waals surface area contributed by atoms with Crippen molar-refractivity contribution in [1.29, 1.82) is 0 Å². The minimum atomic E-state index is -1.51. The highest BCUT2D eigenvalue weighted by Gasteiger charge is 2.59. The van der Waals surface area contributed by atoms with E-state index in [0.717, 1.165) is 16.8 Å². The monoisotopic (exact) mass is 369 g/mol. The second-order valence-electron chi connectivity index (χ2n) is 6.55. The average Bonchev–Trinajstić information content (AvgIpc) is 2.72. The molecular weight excluding hydrogens is 346 g/mol. The van der Waals surface area contributed by atoms with Gasteiger partial charge in [-0.1, -0.05) is 30.3 Å². The Morgan fingerprint density at radius 1 is 0.963 bits per heavy atom. The van der Waals surface area contributed by atoms with Crippen molar-refractivity contribution in [3.63, 3.8) is 0 Å². The molecule has 0 saturated heterocycles. The number of benzene rings is 2. The third kappa shape index (κ3) is 2.91. The van der Waals surface area contributed by atoms with Crippen molar-refractivity contribution in [3.05, 3.63) is 59.7 Å². The van der Waals surface area contributed by atoms with Crippen molar-refractivity contribution in [2.24, 2.45) is 5.41 Å². The quantitative estimate of drug-likeness (QED) is 0.610. The molecule has 2 aromatic carbocycles. The molecule has 6 nitrogen and oxygen atoms in total. The van der Waals surface area contributed by atoms with E-state index in [4.69, 9.17) is 14.2 Å². The molecule has 0 spiro atoms. The molecule has 0 saturated carbocycles. The summed E-state index contributed by atoms with van der Waals surface area (Å²) in [6.45, 7) is 0. The van der Waals surface area contributed by atoms with Crippen LogP contribution in [0.15, 0.2) is 48.5 Å². The molecule has 1 unspecified atom stereocenters. The first-order chi connectivity index (χ1) is 13.0. The molecular formula is C21H23NO5. The van der Waals surface area contributed by atoms with Crippen LogP contribution < -0.4 is 9.64 Å². The van der Waals surface area contributed by atoms with Gasteiger partial charge in [-0.2, -0.15) is 0 Å². The number of hydrogen-bond donors (Lipinski definition) is 0. The summed E-state index contributed by atoms with van der Waals surface area (Å²) in [6, 6.07) is 14.5. The topological polar surface area (TPSA) is 65.1 Å². The van der Waals surface area contributed by atoms with Crippen LogP contribution in [0.25, 0.3) is 0 Å². The molecule has 6 heteroatoms. The smallest absolute Gasteiger partial charge is 0.326 e. The Morgan fingerprint density at radius 2 is 1.56 bits per heavy atom. The second kappa shape index (κ2) is 7.31. The van der Waals surface area contributed by atoms with E-state index in [9.17, 15) is 9.59 Å². The summed E-state index contributed by atoms with van der Waals surface area (Å²) in [5.41, 5.74) is 1.13. The Hall–Kier alpha value is -3.02. The summed E-state index contributed by atoms with van der Waals surface area (Å²) in [7, 11) is 6.04. The minimum absolute atomic E-state index is 0.198. The fourth-order valence-electron chi connectivity index (χ4n) is 3.98. The van der Waals surface area contributed by atoms with Crippen LogP contribution in [0.1, 0.15) is 17.2 Å². The van der Waals surface area contributed by atoms with Crippen molar-refractivity contribution in [2.75, 3.05) is 33.3 Å². The normalized spacial score (nSPS) is 17.6. The Bertz CT molecular complexity index is 830. The minimum Gasteiger partial charge on any atom is -0.497 e. The molecule has 27 heavy (non-hydrogen) atoms. The summed E-state index contributed by atoms with van der Waals surface area (Å²) in [5, 5.41) is 0. The number of para-hydroxylation sites is 1. The van der Waals surface area contributed by atoms with Gasteiger partial charge in [0, 0.05) is 19.2 Å². The highest BCUT2D eigenvalue weighted by molar-refractivity contribution is 6.03. The number of fused-ring (bicyclic) bond motifs is 1. The lowest BCUT2D eigenvalue weighted by Crippen LogP contribution is -2.55. The molecule has 1 aliphatic heterocycles. The summed E-state index contributed by atoms with van der Waals surface area (Å²) in [4.78, 5) is 27.9. The highest BCUT2D eigenvalue weighted by Crippen LogP contribution is 2.50. The van der Waals surface area contributed by atoms with Gasteiger partial charge in [-0.05, 0) is 29.3 Å². The van der Waals surface area contributed by atoms with Gasteiger partial charge in [0.2, 0.25) is 0 Å². The van der Waals surface area contributed by atoms with Crippen molar-refractivity contribution in [3.8, 4) is 5.75 Å². The van der Waals surface area contributed by atoms with Crippen molar-refractivity contribution >= 4 is 17.6 Å². The molecule has 1 heterocycles. The number of rotatable bonds is 4. The molecule has 0 amide bonds. The van der Waals surface area contributed by atoms with Crippen molar-refractivity contribution in [2.45, 2.75) is 12.5 Å². The standard InChI is InChI=1S/C21H23NO5/c1-22-17-8-6-5-7-15(17)13-21(19(23)26-3,20(24)27-4)18(22)14-9-11-16(25-2)12-10-14/h5-12,18H,13H2,1-4H3. The van der Waals surface area contributed by atoms with Gasteiger partial charge in [-0.3, -0.25) is 9.59 Å². The molecule has 1 aliphatic rings. The van der Waals surface area contributed by atoms with E-state index in [2.05, 4.69) is 0 Å². The van der Waals surface area contributed by atoms with E-state index in [1.54, 1.807) is 7.11 Å². The lowest BCUT2D eigenvalue weighted by molar-refractivity contribution is -0.171. The molecule has 2 aromatic rings. The first kappa shape index (κ1) is 18.8. The van der Waals surface area contributed by atoms with Gasteiger partial charge in [0.05, 0.1) is 27.4 Å². The number of esters is 2. The number of carbonyl (C=O) groups is 2. The van der Waals surface area contributed by atoms with Crippen LogP contribution >= 0.6 is 0 Å². The largest absolute Gasteiger partial charge is 0.497 e. The molecule has 0 radical (unpaired) electrons. The van der Waals surface area contributed by atoms with E-state index >= 15 is 0 Å². The zero-order chi connectivity index (χ0) is 19.6. The van der Waals surface area contributed by atoms with Crippen LogP contribution in [-0.2, 0) is 25.5 Å². The average molecular weight is 369 g/mol. The van der Waals surface area contributed by atoms with Gasteiger partial charge in [0.25, 0.3) is 0 Å². The van der Waals surface area contributed by atoms with E-state index in [0.29, 0.717) is 5.75 Å². The maximum atomic E-state index is 13.0. The molecule has 3 rings (SSSR count). The van der Waals surface area contributed by atoms with E-state index in [1.807, 2.05) is 60.5 Å². The maximum absolute atomic E-state index is 13.0. The molecule has 142 valence electrons. The molecule has 0 fully saturated rings. The first-order valence-corrected chi connectivity index (χ1v) is 8.61. The second-order valence-corrected chi connectivity index (χ2v) is 6.55. The van der Waals surface area contributed by atoms with Crippen LogP contribution in [0, 0.1) is 5.41 Å². The fourth-order valence-corrected chi connectivity index (χ4v) is 3.98. The predicted octanol–water partition coefficient (Wildman–Crippen LogP) is 2.76. The first-order valence-electron chi connectivity index (χ1n) is 8.61. The Balaban J connectivity index is 2.25. The van der Waals surface area contributed by atoms with E-state index in [-0.39, 0.29) is 6.42 Å². The van der Waals surface area contributed by atoms with E-state index in [1.165, 1.54) is 14.2 Å². The van der Waals surface area contributed by atoms with Gasteiger partial charge in [-0.25, -0.2) is 0 Å². The number of nitrogens with zero attached hydrogens (tertiary/aromatic N) is 1. The molecule has 0 N–H and O–H groups in total. The predicted molar refractivity (Wildman–Crippen MR) is 101 cm³/mol. The third-order valence-corrected chi connectivity index (χ3v) is 5.23.